The molecule has 96 valence electrons. The molecule has 18 heavy (non-hydrogen) atoms. The summed E-state index contributed by atoms with van der Waals surface area (Å²) in [6, 6.07) is 6.61. The Morgan fingerprint density at radius 1 is 1.11 bits per heavy atom. The van der Waals surface area contributed by atoms with Crippen molar-refractivity contribution in [3.8, 4) is 0 Å². The number of amides is 3. The summed E-state index contributed by atoms with van der Waals surface area (Å²) >= 11 is 0. The van der Waals surface area contributed by atoms with Gasteiger partial charge in [0.25, 0.3) is 5.91 Å². The quantitative estimate of drug-likeness (QED) is 0.836. The predicted molar refractivity (Wildman–Crippen MR) is 69.4 cm³/mol. The van der Waals surface area contributed by atoms with Crippen LogP contribution in [0.3, 0.4) is 0 Å². The number of anilines is 1. The van der Waals surface area contributed by atoms with E-state index in [2.05, 4.69) is 5.32 Å². The average Bonchev–Trinajstić information content (AvgIpc) is 2.40. The second-order valence-electron chi connectivity index (χ2n) is 4.39. The molecule has 0 bridgehead atoms. The molecular formula is C13H17N3O2. The molecule has 0 unspecified atom stereocenters. The maximum Gasteiger partial charge on any atom is 0.321 e. The SMILES string of the molecule is NC(=O)c1ccccc1NC(=O)N1CCCCC1. The first kappa shape index (κ1) is 12.4. The molecule has 0 radical (unpaired) electrons. The van der Waals surface area contributed by atoms with Crippen LogP contribution in [0.4, 0.5) is 10.5 Å². The lowest BCUT2D eigenvalue weighted by Crippen LogP contribution is -2.39. The first-order chi connectivity index (χ1) is 8.68. The van der Waals surface area contributed by atoms with E-state index in [1.807, 2.05) is 0 Å². The Balaban J connectivity index is 2.08. The zero-order valence-corrected chi connectivity index (χ0v) is 10.2. The summed E-state index contributed by atoms with van der Waals surface area (Å²) in [4.78, 5) is 25.0. The van der Waals surface area contributed by atoms with E-state index in [0.717, 1.165) is 25.9 Å². The number of nitrogens with one attached hydrogen (secondary N) is 1. The predicted octanol–water partition coefficient (Wildman–Crippen LogP) is 1.80. The molecule has 2 rings (SSSR count). The van der Waals surface area contributed by atoms with Gasteiger partial charge in [-0.25, -0.2) is 4.79 Å². The van der Waals surface area contributed by atoms with Gasteiger partial charge in [-0.3, -0.25) is 4.79 Å². The van der Waals surface area contributed by atoms with Crippen molar-refractivity contribution in [3.05, 3.63) is 29.8 Å². The van der Waals surface area contributed by atoms with Gasteiger partial charge in [-0.15, -0.1) is 0 Å². The topological polar surface area (TPSA) is 75.4 Å². The number of primary amides is 1. The Kier molecular flexibility index (Phi) is 3.82. The van der Waals surface area contributed by atoms with Gasteiger partial charge in [0.05, 0.1) is 11.3 Å². The standard InChI is InChI=1S/C13H17N3O2/c14-12(17)10-6-2-3-7-11(10)15-13(18)16-8-4-1-5-9-16/h2-3,6-7H,1,4-5,8-9H2,(H2,14,17)(H,15,18). The third-order valence-corrected chi connectivity index (χ3v) is 3.08. The van der Waals surface area contributed by atoms with Gasteiger partial charge < -0.3 is 16.0 Å². The fourth-order valence-corrected chi connectivity index (χ4v) is 2.10. The van der Waals surface area contributed by atoms with Crippen molar-refractivity contribution < 1.29 is 9.59 Å². The van der Waals surface area contributed by atoms with Crippen LogP contribution in [0.5, 0.6) is 0 Å². The second-order valence-corrected chi connectivity index (χ2v) is 4.39. The smallest absolute Gasteiger partial charge is 0.321 e. The third kappa shape index (κ3) is 2.80. The van der Waals surface area contributed by atoms with Crippen molar-refractivity contribution in [2.75, 3.05) is 18.4 Å². The van der Waals surface area contributed by atoms with Crippen molar-refractivity contribution in [3.63, 3.8) is 0 Å². The molecule has 0 aromatic heterocycles. The minimum Gasteiger partial charge on any atom is -0.366 e. The van der Waals surface area contributed by atoms with Gasteiger partial charge in [0, 0.05) is 13.1 Å². The van der Waals surface area contributed by atoms with Crippen LogP contribution in [0, 0.1) is 0 Å². The molecule has 0 spiro atoms. The lowest BCUT2D eigenvalue weighted by molar-refractivity contribution is 0.100. The number of nitrogens with two attached hydrogens (primary N) is 1. The summed E-state index contributed by atoms with van der Waals surface area (Å²) in [5, 5.41) is 2.75. The van der Waals surface area contributed by atoms with Crippen LogP contribution in [-0.2, 0) is 0 Å². The number of hydrogen-bond acceptors (Lipinski definition) is 2. The summed E-state index contributed by atoms with van der Waals surface area (Å²) in [5.41, 5.74) is 6.07. The molecule has 0 atom stereocenters. The summed E-state index contributed by atoms with van der Waals surface area (Å²) in [5.74, 6) is -0.537. The molecule has 5 nitrogen and oxygen atoms in total. The molecule has 5 heteroatoms. The summed E-state index contributed by atoms with van der Waals surface area (Å²) in [7, 11) is 0. The third-order valence-electron chi connectivity index (χ3n) is 3.08. The summed E-state index contributed by atoms with van der Waals surface area (Å²) < 4.78 is 0. The van der Waals surface area contributed by atoms with Crippen LogP contribution in [0.1, 0.15) is 29.6 Å². The molecule has 1 heterocycles. The molecular weight excluding hydrogens is 230 g/mol. The van der Waals surface area contributed by atoms with Gasteiger partial charge in [-0.05, 0) is 31.4 Å². The minimum atomic E-state index is -0.537. The molecule has 3 amide bonds. The minimum absolute atomic E-state index is 0.164. The van der Waals surface area contributed by atoms with E-state index < -0.39 is 5.91 Å². The number of rotatable bonds is 2. The lowest BCUT2D eigenvalue weighted by atomic mass is 10.1. The zero-order chi connectivity index (χ0) is 13.0. The molecule has 1 aromatic rings. The monoisotopic (exact) mass is 247 g/mol. The van der Waals surface area contributed by atoms with E-state index in [0.29, 0.717) is 11.3 Å². The van der Waals surface area contributed by atoms with Gasteiger partial charge in [0.15, 0.2) is 0 Å². The highest BCUT2D eigenvalue weighted by Gasteiger charge is 2.18. The van der Waals surface area contributed by atoms with E-state index in [1.165, 1.54) is 6.42 Å². The van der Waals surface area contributed by atoms with Crippen molar-refractivity contribution in [2.24, 2.45) is 5.73 Å². The van der Waals surface area contributed by atoms with Crippen molar-refractivity contribution >= 4 is 17.6 Å². The molecule has 1 aliphatic rings. The highest BCUT2D eigenvalue weighted by molar-refractivity contribution is 6.02. The van der Waals surface area contributed by atoms with Gasteiger partial charge >= 0.3 is 6.03 Å². The fraction of sp³-hybridized carbons (Fsp3) is 0.385. The first-order valence-electron chi connectivity index (χ1n) is 6.13. The highest BCUT2D eigenvalue weighted by Crippen LogP contribution is 2.16. The fourth-order valence-electron chi connectivity index (χ4n) is 2.10. The number of carbonyl (C=O) groups is 2. The van der Waals surface area contributed by atoms with Crippen LogP contribution in [0.2, 0.25) is 0 Å². The maximum absolute atomic E-state index is 12.0. The van der Waals surface area contributed by atoms with Gasteiger partial charge in [0.2, 0.25) is 0 Å². The molecule has 1 aliphatic heterocycles. The zero-order valence-electron chi connectivity index (χ0n) is 10.2. The lowest BCUT2D eigenvalue weighted by Gasteiger charge is -2.27. The van der Waals surface area contributed by atoms with E-state index in [1.54, 1.807) is 29.2 Å². The van der Waals surface area contributed by atoms with E-state index >= 15 is 0 Å². The van der Waals surface area contributed by atoms with Crippen molar-refractivity contribution in [2.45, 2.75) is 19.3 Å². The van der Waals surface area contributed by atoms with E-state index in [4.69, 9.17) is 5.73 Å². The van der Waals surface area contributed by atoms with Crippen LogP contribution in [-0.4, -0.2) is 29.9 Å². The Labute approximate surface area is 106 Å². The normalized spacial score (nSPS) is 15.2. The maximum atomic E-state index is 12.0. The van der Waals surface area contributed by atoms with Crippen molar-refractivity contribution in [1.29, 1.82) is 0 Å². The van der Waals surface area contributed by atoms with E-state index in [-0.39, 0.29) is 6.03 Å². The van der Waals surface area contributed by atoms with Gasteiger partial charge in [0.1, 0.15) is 0 Å². The Hall–Kier alpha value is -2.04. The van der Waals surface area contributed by atoms with Gasteiger partial charge in [-0.1, -0.05) is 12.1 Å². The summed E-state index contributed by atoms with van der Waals surface area (Å²) in [6.45, 7) is 1.54. The molecule has 1 saturated heterocycles. The first-order valence-corrected chi connectivity index (χ1v) is 6.13. The van der Waals surface area contributed by atoms with Crippen molar-refractivity contribution in [1.82, 2.24) is 4.90 Å². The number of piperidine rings is 1. The second kappa shape index (κ2) is 5.53. The summed E-state index contributed by atoms with van der Waals surface area (Å²) in [6.07, 6.45) is 3.23. The number of likely N-dealkylation sites (tertiary alicyclic amines) is 1. The van der Waals surface area contributed by atoms with E-state index in [9.17, 15) is 9.59 Å². The molecule has 1 aromatic carbocycles. The number of para-hydroxylation sites is 1. The number of benzene rings is 1. The number of nitrogens with zero attached hydrogens (tertiary/aromatic N) is 1. The molecule has 3 N–H and O–H groups in total. The number of hydrogen-bond donors (Lipinski definition) is 2. The Bertz CT molecular complexity index is 453. The number of carbonyl (C=O) groups excluding carboxylic acids is 2. The van der Waals surface area contributed by atoms with Crippen LogP contribution < -0.4 is 11.1 Å². The van der Waals surface area contributed by atoms with Gasteiger partial charge in [-0.2, -0.15) is 0 Å². The molecule has 1 fully saturated rings. The van der Waals surface area contributed by atoms with Crippen LogP contribution >= 0.6 is 0 Å². The largest absolute Gasteiger partial charge is 0.366 e. The molecule has 0 saturated carbocycles. The Morgan fingerprint density at radius 3 is 2.44 bits per heavy atom. The highest BCUT2D eigenvalue weighted by atomic mass is 16.2. The molecule has 0 aliphatic carbocycles. The Morgan fingerprint density at radius 2 is 1.78 bits per heavy atom. The number of urea groups is 1. The average molecular weight is 247 g/mol. The van der Waals surface area contributed by atoms with Crippen LogP contribution in [0.15, 0.2) is 24.3 Å². The van der Waals surface area contributed by atoms with Crippen LogP contribution in [0.25, 0.3) is 0 Å².